The van der Waals surface area contributed by atoms with Gasteiger partial charge < -0.3 is 0 Å². The first-order valence-electron chi connectivity index (χ1n) is 5.54. The van der Waals surface area contributed by atoms with Crippen LogP contribution in [0.25, 0.3) is 5.65 Å². The summed E-state index contributed by atoms with van der Waals surface area (Å²) in [6.07, 6.45) is 3.11. The van der Waals surface area contributed by atoms with Crippen LogP contribution in [0.4, 0.5) is 5.69 Å². The lowest BCUT2D eigenvalue weighted by Gasteiger charge is -2.06. The first-order valence-corrected chi connectivity index (χ1v) is 8.21. The smallest absolute Gasteiger partial charge is 0.271 e. The number of hydrogen-bond donors (Lipinski definition) is 1. The van der Waals surface area contributed by atoms with Crippen molar-refractivity contribution in [1.82, 2.24) is 14.6 Å². The van der Waals surface area contributed by atoms with Gasteiger partial charge in [0.25, 0.3) is 10.0 Å². The van der Waals surface area contributed by atoms with Gasteiger partial charge in [0, 0.05) is 6.20 Å². The molecule has 0 saturated carbocycles. The third-order valence-electron chi connectivity index (χ3n) is 2.64. The van der Waals surface area contributed by atoms with Crippen molar-refractivity contribution >= 4 is 44.3 Å². The van der Waals surface area contributed by atoms with Crippen LogP contribution in [-0.4, -0.2) is 23.0 Å². The summed E-state index contributed by atoms with van der Waals surface area (Å²) in [5.74, 6) is 0. The molecule has 6 nitrogen and oxygen atoms in total. The third kappa shape index (κ3) is 2.37. The van der Waals surface area contributed by atoms with Crippen LogP contribution in [0.2, 0.25) is 4.34 Å². The SMILES string of the molecule is Cc1cc(S(=O)(=O)Nc2ccc3nncn3c2)sc1Cl. The quantitative estimate of drug-likeness (QED) is 0.801. The summed E-state index contributed by atoms with van der Waals surface area (Å²) in [6.45, 7) is 1.76. The first-order chi connectivity index (χ1) is 9.45. The molecule has 104 valence electrons. The van der Waals surface area contributed by atoms with Gasteiger partial charge in [0.05, 0.1) is 10.0 Å². The summed E-state index contributed by atoms with van der Waals surface area (Å²) < 4.78 is 29.3. The average Bonchev–Trinajstić information content (AvgIpc) is 2.96. The molecule has 3 heterocycles. The lowest BCUT2D eigenvalue weighted by Crippen LogP contribution is -2.11. The molecule has 0 radical (unpaired) electrons. The van der Waals surface area contributed by atoms with E-state index in [0.29, 0.717) is 15.7 Å². The van der Waals surface area contributed by atoms with Crippen molar-refractivity contribution in [2.75, 3.05) is 4.72 Å². The average molecular weight is 329 g/mol. The first kappa shape index (κ1) is 13.3. The van der Waals surface area contributed by atoms with Crippen molar-refractivity contribution in [1.29, 1.82) is 0 Å². The normalized spacial score (nSPS) is 11.9. The highest BCUT2D eigenvalue weighted by molar-refractivity contribution is 7.94. The van der Waals surface area contributed by atoms with Crippen molar-refractivity contribution in [2.45, 2.75) is 11.1 Å². The number of thiophene rings is 1. The fourth-order valence-electron chi connectivity index (χ4n) is 1.66. The van der Waals surface area contributed by atoms with Gasteiger partial charge in [-0.15, -0.1) is 21.5 Å². The molecule has 0 amide bonds. The van der Waals surface area contributed by atoms with Crippen molar-refractivity contribution in [3.05, 3.63) is 40.6 Å². The Morgan fingerprint density at radius 1 is 1.40 bits per heavy atom. The topological polar surface area (TPSA) is 76.4 Å². The lowest BCUT2D eigenvalue weighted by molar-refractivity contribution is 0.603. The maximum Gasteiger partial charge on any atom is 0.271 e. The number of hydrogen-bond acceptors (Lipinski definition) is 5. The molecule has 3 aromatic rings. The molecular formula is C11H9ClN4O2S2. The van der Waals surface area contributed by atoms with Crippen LogP contribution in [0.15, 0.2) is 34.9 Å². The van der Waals surface area contributed by atoms with Crippen LogP contribution in [0, 0.1) is 6.92 Å². The van der Waals surface area contributed by atoms with Crippen molar-refractivity contribution in [3.63, 3.8) is 0 Å². The predicted molar refractivity (Wildman–Crippen MR) is 77.9 cm³/mol. The van der Waals surface area contributed by atoms with Crippen LogP contribution >= 0.6 is 22.9 Å². The molecule has 0 spiro atoms. The number of fused-ring (bicyclic) bond motifs is 1. The molecule has 20 heavy (non-hydrogen) atoms. The number of anilines is 1. The van der Waals surface area contributed by atoms with Crippen molar-refractivity contribution < 1.29 is 8.42 Å². The second-order valence-corrected chi connectivity index (χ2v) is 7.71. The van der Waals surface area contributed by atoms with E-state index in [9.17, 15) is 8.42 Å². The van der Waals surface area contributed by atoms with Gasteiger partial charge in [0.15, 0.2) is 5.65 Å². The van der Waals surface area contributed by atoms with Gasteiger partial charge in [-0.2, -0.15) is 0 Å². The Kier molecular flexibility index (Phi) is 3.15. The monoisotopic (exact) mass is 328 g/mol. The molecule has 0 aliphatic heterocycles. The Morgan fingerprint density at radius 2 is 2.20 bits per heavy atom. The summed E-state index contributed by atoms with van der Waals surface area (Å²) in [6, 6.07) is 4.85. The van der Waals surface area contributed by atoms with Gasteiger partial charge in [-0.25, -0.2) is 8.42 Å². The Labute approximate surface area is 124 Å². The van der Waals surface area contributed by atoms with Crippen LogP contribution in [-0.2, 0) is 10.0 Å². The molecule has 0 fully saturated rings. The Balaban J connectivity index is 1.96. The van der Waals surface area contributed by atoms with E-state index in [0.717, 1.165) is 16.9 Å². The van der Waals surface area contributed by atoms with Crippen LogP contribution in [0.5, 0.6) is 0 Å². The van der Waals surface area contributed by atoms with E-state index in [1.807, 2.05) is 0 Å². The summed E-state index contributed by atoms with van der Waals surface area (Å²) in [5.41, 5.74) is 1.81. The van der Waals surface area contributed by atoms with E-state index < -0.39 is 10.0 Å². The van der Waals surface area contributed by atoms with Crippen LogP contribution in [0.1, 0.15) is 5.56 Å². The minimum Gasteiger partial charge on any atom is -0.287 e. The van der Waals surface area contributed by atoms with E-state index in [1.54, 1.807) is 35.7 Å². The maximum atomic E-state index is 12.2. The van der Waals surface area contributed by atoms with Crippen LogP contribution in [0.3, 0.4) is 0 Å². The number of aromatic nitrogens is 3. The standard InChI is InChI=1S/C11H9ClN4O2S2/c1-7-4-10(19-11(7)12)20(17,18)15-8-2-3-9-14-13-6-16(9)5-8/h2-6,15H,1H3. The van der Waals surface area contributed by atoms with E-state index in [2.05, 4.69) is 14.9 Å². The molecule has 3 aromatic heterocycles. The second-order valence-electron chi connectivity index (χ2n) is 4.14. The molecule has 0 bridgehead atoms. The maximum absolute atomic E-state index is 12.2. The van der Waals surface area contributed by atoms with E-state index >= 15 is 0 Å². The number of nitrogens with one attached hydrogen (secondary N) is 1. The fourth-order valence-corrected chi connectivity index (χ4v) is 4.41. The summed E-state index contributed by atoms with van der Waals surface area (Å²) in [7, 11) is -3.64. The number of halogens is 1. The minimum absolute atomic E-state index is 0.184. The largest absolute Gasteiger partial charge is 0.287 e. The van der Waals surface area contributed by atoms with Crippen LogP contribution < -0.4 is 4.72 Å². The summed E-state index contributed by atoms with van der Waals surface area (Å²) in [5, 5.41) is 7.58. The zero-order valence-corrected chi connectivity index (χ0v) is 12.6. The Morgan fingerprint density at radius 3 is 2.90 bits per heavy atom. The van der Waals surface area contributed by atoms with E-state index in [4.69, 9.17) is 11.6 Å². The molecular weight excluding hydrogens is 320 g/mol. The Hall–Kier alpha value is -1.64. The fraction of sp³-hybridized carbons (Fsp3) is 0.0909. The molecule has 0 aliphatic carbocycles. The van der Waals surface area contributed by atoms with Crippen molar-refractivity contribution in [2.24, 2.45) is 0 Å². The number of pyridine rings is 1. The second kappa shape index (κ2) is 4.72. The van der Waals surface area contributed by atoms with Gasteiger partial charge in [-0.1, -0.05) is 11.6 Å². The molecule has 0 saturated heterocycles. The number of sulfonamides is 1. The van der Waals surface area contributed by atoms with Gasteiger partial charge >= 0.3 is 0 Å². The molecule has 0 atom stereocenters. The minimum atomic E-state index is -3.64. The molecule has 0 aliphatic rings. The lowest BCUT2D eigenvalue weighted by atomic mass is 10.4. The molecule has 3 rings (SSSR count). The summed E-state index contributed by atoms with van der Waals surface area (Å²) >= 11 is 6.94. The van der Waals surface area contributed by atoms with E-state index in [-0.39, 0.29) is 4.21 Å². The third-order valence-corrected chi connectivity index (χ3v) is 6.05. The molecule has 9 heteroatoms. The highest BCUT2D eigenvalue weighted by atomic mass is 35.5. The zero-order chi connectivity index (χ0) is 14.3. The number of rotatable bonds is 3. The van der Waals surface area contributed by atoms with Gasteiger partial charge in [-0.05, 0) is 30.7 Å². The van der Waals surface area contributed by atoms with Gasteiger partial charge in [0.1, 0.15) is 10.5 Å². The van der Waals surface area contributed by atoms with Gasteiger partial charge in [-0.3, -0.25) is 9.12 Å². The zero-order valence-electron chi connectivity index (χ0n) is 10.2. The molecule has 0 unspecified atom stereocenters. The number of aryl methyl sites for hydroxylation is 1. The number of nitrogens with zero attached hydrogens (tertiary/aromatic N) is 3. The summed E-state index contributed by atoms with van der Waals surface area (Å²) in [4.78, 5) is 0. The van der Waals surface area contributed by atoms with E-state index in [1.165, 1.54) is 6.33 Å². The Bertz CT molecular complexity index is 865. The van der Waals surface area contributed by atoms with Crippen molar-refractivity contribution in [3.8, 4) is 0 Å². The molecule has 0 aromatic carbocycles. The predicted octanol–water partition coefficient (Wildman–Crippen LogP) is 2.55. The molecule has 1 N–H and O–H groups in total. The highest BCUT2D eigenvalue weighted by Crippen LogP contribution is 2.31. The van der Waals surface area contributed by atoms with Gasteiger partial charge in [0.2, 0.25) is 0 Å². The highest BCUT2D eigenvalue weighted by Gasteiger charge is 2.18.